The molecule has 0 bridgehead atoms. The topological polar surface area (TPSA) is 66.8 Å². The van der Waals surface area contributed by atoms with Crippen LogP contribution in [0.2, 0.25) is 0 Å². The maximum Gasteiger partial charge on any atom is 0.340 e. The molecule has 128 valence electrons. The molecule has 0 saturated heterocycles. The highest BCUT2D eigenvalue weighted by molar-refractivity contribution is 14.1. The third kappa shape index (κ3) is 2.81. The van der Waals surface area contributed by atoms with Crippen LogP contribution in [0.25, 0.3) is 0 Å². The van der Waals surface area contributed by atoms with Gasteiger partial charge in [0.25, 0.3) is 0 Å². The lowest BCUT2D eigenvalue weighted by atomic mass is 9.80. The first-order valence-corrected chi connectivity index (χ1v) is 9.03. The number of methoxy groups -OCH3 is 1. The first-order chi connectivity index (χ1) is 11.3. The van der Waals surface area contributed by atoms with Crippen LogP contribution in [0.1, 0.15) is 37.4 Å². The zero-order chi connectivity index (χ0) is 17.6. The Bertz CT molecular complexity index is 741. The van der Waals surface area contributed by atoms with E-state index in [4.69, 9.17) is 4.74 Å². The second kappa shape index (κ2) is 6.38. The van der Waals surface area contributed by atoms with Crippen molar-refractivity contribution in [3.8, 4) is 5.75 Å². The van der Waals surface area contributed by atoms with E-state index in [1.54, 1.807) is 13.3 Å². The predicted molar refractivity (Wildman–Crippen MR) is 98.0 cm³/mol. The van der Waals surface area contributed by atoms with Crippen molar-refractivity contribution in [1.82, 2.24) is 4.90 Å². The van der Waals surface area contributed by atoms with E-state index >= 15 is 0 Å². The zero-order valence-corrected chi connectivity index (χ0v) is 16.0. The predicted octanol–water partition coefficient (Wildman–Crippen LogP) is 3.16. The minimum Gasteiger partial charge on any atom is -0.496 e. The van der Waals surface area contributed by atoms with E-state index in [2.05, 4.69) is 47.4 Å². The summed E-state index contributed by atoms with van der Waals surface area (Å²) in [6, 6.07) is 4.18. The number of ether oxygens (including phenoxy) is 1. The largest absolute Gasteiger partial charge is 0.496 e. The molecule has 2 aliphatic heterocycles. The van der Waals surface area contributed by atoms with E-state index < -0.39 is 5.97 Å². The molecule has 0 aliphatic carbocycles. The lowest BCUT2D eigenvalue weighted by Crippen LogP contribution is -2.47. The maximum absolute atomic E-state index is 12.3. The molecule has 5 nitrogen and oxygen atoms in total. The molecule has 0 spiro atoms. The third-order valence-electron chi connectivity index (χ3n) is 4.90. The molecule has 2 atom stereocenters. The third-order valence-corrected chi connectivity index (χ3v) is 5.74. The Morgan fingerprint density at radius 3 is 2.67 bits per heavy atom. The lowest BCUT2D eigenvalue weighted by molar-refractivity contribution is -0.135. The monoisotopic (exact) mass is 441 g/mol. The number of ketones is 1. The van der Waals surface area contributed by atoms with Crippen molar-refractivity contribution < 1.29 is 19.4 Å². The van der Waals surface area contributed by atoms with Crippen LogP contribution in [0.15, 0.2) is 23.9 Å². The van der Waals surface area contributed by atoms with Crippen molar-refractivity contribution in [2.75, 3.05) is 7.11 Å². The zero-order valence-electron chi connectivity index (χ0n) is 13.9. The van der Waals surface area contributed by atoms with Crippen LogP contribution in [-0.2, 0) is 16.0 Å². The number of carboxylic acids is 1. The van der Waals surface area contributed by atoms with Crippen LogP contribution < -0.4 is 4.74 Å². The number of aliphatic carboxylic acids is 1. The molecule has 6 heteroatoms. The van der Waals surface area contributed by atoms with Gasteiger partial charge < -0.3 is 14.7 Å². The fourth-order valence-corrected chi connectivity index (χ4v) is 4.39. The van der Waals surface area contributed by atoms with Crippen molar-refractivity contribution in [3.05, 3.63) is 38.6 Å². The van der Waals surface area contributed by atoms with Gasteiger partial charge in [0.05, 0.1) is 16.7 Å². The Hall–Kier alpha value is -1.57. The Morgan fingerprint density at radius 2 is 2.08 bits per heavy atom. The molecule has 2 heterocycles. The Labute approximate surface area is 154 Å². The van der Waals surface area contributed by atoms with Gasteiger partial charge in [0.15, 0.2) is 5.78 Å². The number of rotatable bonds is 3. The van der Waals surface area contributed by atoms with Crippen molar-refractivity contribution in [1.29, 1.82) is 0 Å². The van der Waals surface area contributed by atoms with Crippen LogP contribution in [0.4, 0.5) is 0 Å². The summed E-state index contributed by atoms with van der Waals surface area (Å²) in [6.45, 7) is 4.26. The van der Waals surface area contributed by atoms with Crippen LogP contribution in [0.3, 0.4) is 0 Å². The minimum absolute atomic E-state index is 0.113. The molecule has 1 aromatic carbocycles. The summed E-state index contributed by atoms with van der Waals surface area (Å²) in [5.74, 6) is -0.318. The molecule has 0 radical (unpaired) electrons. The van der Waals surface area contributed by atoms with Gasteiger partial charge in [-0.15, -0.1) is 0 Å². The van der Waals surface area contributed by atoms with E-state index in [9.17, 15) is 14.7 Å². The number of carbonyl (C=O) groups is 2. The van der Waals surface area contributed by atoms with Gasteiger partial charge in [-0.25, -0.2) is 4.79 Å². The van der Waals surface area contributed by atoms with Gasteiger partial charge in [0.2, 0.25) is 0 Å². The minimum atomic E-state index is -1.15. The standard InChI is InChI=1S/C18H20INO4/c1-9(2)14-5-10-4-13(19)17(24-3)6-11(10)15-7-16(21)12(18(22)23)8-20(14)15/h4,6,8-9,14-15H,5,7H2,1-3H3,(H,22,23). The second-order valence-electron chi connectivity index (χ2n) is 6.64. The van der Waals surface area contributed by atoms with E-state index in [1.807, 2.05) is 6.07 Å². The van der Waals surface area contributed by atoms with E-state index in [0.717, 1.165) is 21.3 Å². The number of nitrogens with zero attached hydrogens (tertiary/aromatic N) is 1. The number of halogens is 1. The first kappa shape index (κ1) is 17.3. The van der Waals surface area contributed by atoms with Crippen molar-refractivity contribution >= 4 is 34.3 Å². The normalized spacial score (nSPS) is 22.8. The van der Waals surface area contributed by atoms with E-state index in [-0.39, 0.29) is 29.9 Å². The first-order valence-electron chi connectivity index (χ1n) is 7.95. The second-order valence-corrected chi connectivity index (χ2v) is 7.80. The summed E-state index contributed by atoms with van der Waals surface area (Å²) in [5, 5.41) is 9.30. The fourth-order valence-electron chi connectivity index (χ4n) is 3.64. The van der Waals surface area contributed by atoms with Crippen LogP contribution in [0.5, 0.6) is 5.75 Å². The molecular weight excluding hydrogens is 421 g/mol. The van der Waals surface area contributed by atoms with E-state index in [0.29, 0.717) is 5.92 Å². The molecule has 2 aliphatic rings. The summed E-state index contributed by atoms with van der Waals surface area (Å²) in [6.07, 6.45) is 2.58. The van der Waals surface area contributed by atoms with Crippen LogP contribution >= 0.6 is 22.6 Å². The van der Waals surface area contributed by atoms with Gasteiger partial charge in [0.1, 0.15) is 11.3 Å². The smallest absolute Gasteiger partial charge is 0.340 e. The number of fused-ring (bicyclic) bond motifs is 3. The summed E-state index contributed by atoms with van der Waals surface area (Å²) < 4.78 is 6.48. The Morgan fingerprint density at radius 1 is 1.38 bits per heavy atom. The summed E-state index contributed by atoms with van der Waals surface area (Å²) in [4.78, 5) is 25.7. The Balaban J connectivity index is 2.14. The quantitative estimate of drug-likeness (QED) is 0.577. The number of benzene rings is 1. The van der Waals surface area contributed by atoms with Gasteiger partial charge in [0, 0.05) is 18.7 Å². The highest BCUT2D eigenvalue weighted by Gasteiger charge is 2.40. The summed E-state index contributed by atoms with van der Waals surface area (Å²) in [7, 11) is 1.63. The van der Waals surface area contributed by atoms with E-state index in [1.165, 1.54) is 5.56 Å². The molecule has 1 aromatic rings. The SMILES string of the molecule is COc1cc2c(cc1I)CC(C(C)C)N1C=C(C(=O)O)C(=O)CC21. The average molecular weight is 441 g/mol. The number of Topliss-reactive ketones (excluding diaryl/α,β-unsaturated/α-hetero) is 1. The van der Waals surface area contributed by atoms with Gasteiger partial charge in [-0.2, -0.15) is 0 Å². The van der Waals surface area contributed by atoms with Gasteiger partial charge in [-0.05, 0) is 58.2 Å². The number of hydrogen-bond acceptors (Lipinski definition) is 4. The lowest BCUT2D eigenvalue weighted by Gasteiger charge is -2.46. The highest BCUT2D eigenvalue weighted by Crippen LogP contribution is 2.43. The molecule has 24 heavy (non-hydrogen) atoms. The average Bonchev–Trinajstić information content (AvgIpc) is 2.52. The number of carbonyl (C=O) groups excluding carboxylic acids is 1. The fraction of sp³-hybridized carbons (Fsp3) is 0.444. The van der Waals surface area contributed by atoms with Gasteiger partial charge in [-0.3, -0.25) is 4.79 Å². The molecule has 0 saturated carbocycles. The molecule has 0 amide bonds. The number of carboxylic acid groups (broad SMARTS) is 1. The summed E-state index contributed by atoms with van der Waals surface area (Å²) in [5.41, 5.74) is 2.18. The number of hydrogen-bond donors (Lipinski definition) is 1. The molecule has 0 aromatic heterocycles. The molecule has 3 rings (SSSR count). The van der Waals surface area contributed by atoms with Gasteiger partial charge in [-0.1, -0.05) is 13.8 Å². The molecule has 0 fully saturated rings. The summed E-state index contributed by atoms with van der Waals surface area (Å²) >= 11 is 2.26. The Kier molecular flexibility index (Phi) is 4.59. The van der Waals surface area contributed by atoms with Crippen LogP contribution in [0, 0.1) is 9.49 Å². The van der Waals surface area contributed by atoms with Crippen LogP contribution in [-0.4, -0.2) is 34.9 Å². The molecular formula is C18H20INO4. The highest BCUT2D eigenvalue weighted by atomic mass is 127. The van der Waals surface area contributed by atoms with Crippen molar-refractivity contribution in [2.45, 2.75) is 38.8 Å². The van der Waals surface area contributed by atoms with Gasteiger partial charge >= 0.3 is 5.97 Å². The molecule has 1 N–H and O–H groups in total. The van der Waals surface area contributed by atoms with Crippen molar-refractivity contribution in [3.63, 3.8) is 0 Å². The van der Waals surface area contributed by atoms with Crippen molar-refractivity contribution in [2.24, 2.45) is 5.92 Å². The molecule has 2 unspecified atom stereocenters. The maximum atomic E-state index is 12.3.